The van der Waals surface area contributed by atoms with Crippen molar-refractivity contribution in [3.05, 3.63) is 0 Å². The second kappa shape index (κ2) is 5.72. The number of hydrogen-bond donors (Lipinski definition) is 3. The van der Waals surface area contributed by atoms with Crippen molar-refractivity contribution in [3.63, 3.8) is 0 Å². The molecular formula is C15H26N2O3. The molecule has 0 aromatic carbocycles. The van der Waals surface area contributed by atoms with Crippen LogP contribution in [0.15, 0.2) is 0 Å². The Morgan fingerprint density at radius 1 is 1.30 bits per heavy atom. The Hall–Kier alpha value is -1.10. The van der Waals surface area contributed by atoms with Crippen molar-refractivity contribution < 1.29 is 14.7 Å². The van der Waals surface area contributed by atoms with E-state index in [1.807, 2.05) is 6.92 Å². The zero-order chi connectivity index (χ0) is 14.8. The molecule has 0 aromatic rings. The van der Waals surface area contributed by atoms with Gasteiger partial charge < -0.3 is 15.7 Å². The maximum atomic E-state index is 12.3. The molecule has 1 atom stereocenters. The van der Waals surface area contributed by atoms with Crippen LogP contribution in [0, 0.1) is 16.7 Å². The highest BCUT2D eigenvalue weighted by molar-refractivity contribution is 5.84. The van der Waals surface area contributed by atoms with Gasteiger partial charge in [0, 0.05) is 13.1 Å². The van der Waals surface area contributed by atoms with Crippen molar-refractivity contribution >= 4 is 11.9 Å². The van der Waals surface area contributed by atoms with E-state index in [0.29, 0.717) is 25.3 Å². The molecule has 0 spiro atoms. The summed E-state index contributed by atoms with van der Waals surface area (Å²) in [6.45, 7) is 5.90. The van der Waals surface area contributed by atoms with Crippen molar-refractivity contribution in [2.24, 2.45) is 16.7 Å². The maximum Gasteiger partial charge on any atom is 0.311 e. The number of carbonyl (C=O) groups is 2. The highest BCUT2D eigenvalue weighted by Crippen LogP contribution is 2.39. The summed E-state index contributed by atoms with van der Waals surface area (Å²) >= 11 is 0. The molecule has 1 heterocycles. The fourth-order valence-corrected chi connectivity index (χ4v) is 3.25. The lowest BCUT2D eigenvalue weighted by Gasteiger charge is -2.36. The topological polar surface area (TPSA) is 78.4 Å². The highest BCUT2D eigenvalue weighted by atomic mass is 16.4. The lowest BCUT2D eigenvalue weighted by atomic mass is 9.70. The van der Waals surface area contributed by atoms with E-state index in [2.05, 4.69) is 17.6 Å². The van der Waals surface area contributed by atoms with Gasteiger partial charge in [0.1, 0.15) is 0 Å². The van der Waals surface area contributed by atoms with Gasteiger partial charge in [-0.3, -0.25) is 9.59 Å². The summed E-state index contributed by atoms with van der Waals surface area (Å²) in [7, 11) is 0. The van der Waals surface area contributed by atoms with Crippen LogP contribution in [0.5, 0.6) is 0 Å². The van der Waals surface area contributed by atoms with E-state index < -0.39 is 11.4 Å². The van der Waals surface area contributed by atoms with E-state index in [-0.39, 0.29) is 17.9 Å². The zero-order valence-corrected chi connectivity index (χ0v) is 12.5. The third kappa shape index (κ3) is 2.97. The Morgan fingerprint density at radius 3 is 2.45 bits per heavy atom. The van der Waals surface area contributed by atoms with Crippen LogP contribution in [0.25, 0.3) is 0 Å². The third-order valence-electron chi connectivity index (χ3n) is 5.19. The maximum absolute atomic E-state index is 12.3. The molecule has 1 amide bonds. The van der Waals surface area contributed by atoms with Gasteiger partial charge >= 0.3 is 5.97 Å². The van der Waals surface area contributed by atoms with E-state index >= 15 is 0 Å². The van der Waals surface area contributed by atoms with Crippen LogP contribution >= 0.6 is 0 Å². The number of carboxylic acid groups (broad SMARTS) is 1. The molecular weight excluding hydrogens is 256 g/mol. The summed E-state index contributed by atoms with van der Waals surface area (Å²) in [6.07, 6.45) is 4.01. The normalized spacial score (nSPS) is 37.6. The van der Waals surface area contributed by atoms with Crippen LogP contribution in [-0.4, -0.2) is 36.6 Å². The lowest BCUT2D eigenvalue weighted by Crippen LogP contribution is -2.49. The van der Waals surface area contributed by atoms with E-state index in [0.717, 1.165) is 25.8 Å². The Bertz CT molecular complexity index is 381. The second-order valence-electron chi connectivity index (χ2n) is 6.94. The van der Waals surface area contributed by atoms with Crippen molar-refractivity contribution in [1.82, 2.24) is 10.6 Å². The molecule has 20 heavy (non-hydrogen) atoms. The first-order valence-corrected chi connectivity index (χ1v) is 7.60. The SMILES string of the molecule is CC1CCC(CNC(=O)C2(C)CCNC2)(C(=O)O)CC1. The number of aliphatic carboxylic acids is 1. The first-order valence-electron chi connectivity index (χ1n) is 7.60. The minimum Gasteiger partial charge on any atom is -0.481 e. The van der Waals surface area contributed by atoms with Gasteiger partial charge in [-0.05, 0) is 51.5 Å². The van der Waals surface area contributed by atoms with Crippen molar-refractivity contribution in [1.29, 1.82) is 0 Å². The fraction of sp³-hybridized carbons (Fsp3) is 0.867. The number of carbonyl (C=O) groups excluding carboxylic acids is 1. The van der Waals surface area contributed by atoms with Crippen LogP contribution in [0.2, 0.25) is 0 Å². The van der Waals surface area contributed by atoms with Gasteiger partial charge in [-0.2, -0.15) is 0 Å². The number of hydrogen-bond acceptors (Lipinski definition) is 3. The number of rotatable bonds is 4. The lowest BCUT2D eigenvalue weighted by molar-refractivity contribution is -0.151. The molecule has 2 rings (SSSR count). The molecule has 1 aliphatic carbocycles. The smallest absolute Gasteiger partial charge is 0.311 e. The molecule has 0 aromatic heterocycles. The summed E-state index contributed by atoms with van der Waals surface area (Å²) in [5, 5.41) is 15.7. The molecule has 114 valence electrons. The first kappa shape index (κ1) is 15.3. The van der Waals surface area contributed by atoms with Crippen LogP contribution in [0.1, 0.15) is 46.0 Å². The predicted octanol–water partition coefficient (Wildman–Crippen LogP) is 1.38. The summed E-state index contributed by atoms with van der Waals surface area (Å²) in [5.74, 6) is -0.184. The molecule has 1 aliphatic heterocycles. The summed E-state index contributed by atoms with van der Waals surface area (Å²) in [5.41, 5.74) is -1.15. The molecule has 1 saturated carbocycles. The van der Waals surface area contributed by atoms with Gasteiger partial charge in [0.05, 0.1) is 10.8 Å². The van der Waals surface area contributed by atoms with Gasteiger partial charge in [0.25, 0.3) is 0 Å². The molecule has 5 heteroatoms. The monoisotopic (exact) mass is 282 g/mol. The van der Waals surface area contributed by atoms with Crippen LogP contribution in [0.3, 0.4) is 0 Å². The average Bonchev–Trinajstić information content (AvgIpc) is 2.86. The fourth-order valence-electron chi connectivity index (χ4n) is 3.25. The van der Waals surface area contributed by atoms with Crippen LogP contribution < -0.4 is 10.6 Å². The van der Waals surface area contributed by atoms with Crippen molar-refractivity contribution in [3.8, 4) is 0 Å². The largest absolute Gasteiger partial charge is 0.481 e. The molecule has 3 N–H and O–H groups in total. The minimum absolute atomic E-state index is 0.0123. The van der Waals surface area contributed by atoms with E-state index in [4.69, 9.17) is 0 Å². The highest BCUT2D eigenvalue weighted by Gasteiger charge is 2.43. The molecule has 0 radical (unpaired) electrons. The van der Waals surface area contributed by atoms with Gasteiger partial charge in [0.2, 0.25) is 5.91 Å². The molecule has 2 fully saturated rings. The Labute approximate surface area is 120 Å². The Balaban J connectivity index is 1.96. The summed E-state index contributed by atoms with van der Waals surface area (Å²) in [6, 6.07) is 0. The number of carboxylic acids is 1. The van der Waals surface area contributed by atoms with E-state index in [9.17, 15) is 14.7 Å². The standard InChI is InChI=1S/C15H26N2O3/c1-11-3-5-15(6-4-11,13(19)20)10-17-12(18)14(2)7-8-16-9-14/h11,16H,3-10H2,1-2H3,(H,17,18)(H,19,20). The van der Waals surface area contributed by atoms with E-state index in [1.54, 1.807) is 0 Å². The third-order valence-corrected chi connectivity index (χ3v) is 5.19. The molecule has 1 saturated heterocycles. The molecule has 0 bridgehead atoms. The second-order valence-corrected chi connectivity index (χ2v) is 6.94. The summed E-state index contributed by atoms with van der Waals surface area (Å²) < 4.78 is 0. The van der Waals surface area contributed by atoms with E-state index in [1.165, 1.54) is 0 Å². The van der Waals surface area contributed by atoms with Gasteiger partial charge in [-0.25, -0.2) is 0 Å². The number of nitrogens with one attached hydrogen (secondary N) is 2. The average molecular weight is 282 g/mol. The van der Waals surface area contributed by atoms with Crippen LogP contribution in [-0.2, 0) is 9.59 Å². The number of amides is 1. The quantitative estimate of drug-likeness (QED) is 0.728. The Kier molecular flexibility index (Phi) is 4.37. The van der Waals surface area contributed by atoms with Gasteiger partial charge in [-0.15, -0.1) is 0 Å². The molecule has 2 aliphatic rings. The van der Waals surface area contributed by atoms with Crippen molar-refractivity contribution in [2.75, 3.05) is 19.6 Å². The van der Waals surface area contributed by atoms with Gasteiger partial charge in [-0.1, -0.05) is 6.92 Å². The summed E-state index contributed by atoms with van der Waals surface area (Å²) in [4.78, 5) is 23.9. The zero-order valence-electron chi connectivity index (χ0n) is 12.5. The molecule has 5 nitrogen and oxygen atoms in total. The van der Waals surface area contributed by atoms with Gasteiger partial charge in [0.15, 0.2) is 0 Å². The van der Waals surface area contributed by atoms with Crippen LogP contribution in [0.4, 0.5) is 0 Å². The minimum atomic E-state index is -0.764. The predicted molar refractivity (Wildman–Crippen MR) is 76.3 cm³/mol. The first-order chi connectivity index (χ1) is 9.38. The molecule has 1 unspecified atom stereocenters. The van der Waals surface area contributed by atoms with Crippen molar-refractivity contribution in [2.45, 2.75) is 46.0 Å². The Morgan fingerprint density at radius 2 is 1.95 bits per heavy atom.